The molecule has 0 aromatic heterocycles. The number of hydrogen-bond acceptors (Lipinski definition) is 3. The Morgan fingerprint density at radius 2 is 2.26 bits per heavy atom. The Morgan fingerprint density at radius 3 is 2.84 bits per heavy atom. The molecule has 0 aliphatic heterocycles. The Labute approximate surface area is 113 Å². The van der Waals surface area contributed by atoms with E-state index < -0.39 is 0 Å². The minimum absolute atomic E-state index is 0.0737. The fourth-order valence-electron chi connectivity index (χ4n) is 2.35. The van der Waals surface area contributed by atoms with Crippen molar-refractivity contribution in [3.05, 3.63) is 35.4 Å². The van der Waals surface area contributed by atoms with Gasteiger partial charge < -0.3 is 10.6 Å². The van der Waals surface area contributed by atoms with Gasteiger partial charge >= 0.3 is 0 Å². The van der Waals surface area contributed by atoms with Crippen molar-refractivity contribution in [1.82, 2.24) is 4.90 Å². The van der Waals surface area contributed by atoms with Gasteiger partial charge in [0.2, 0.25) is 5.91 Å². The van der Waals surface area contributed by atoms with Crippen molar-refractivity contribution in [3.8, 4) is 6.07 Å². The van der Waals surface area contributed by atoms with Gasteiger partial charge in [0.1, 0.15) is 0 Å². The average molecular weight is 257 g/mol. The molecular weight excluding hydrogens is 238 g/mol. The van der Waals surface area contributed by atoms with Crippen molar-refractivity contribution in [2.75, 3.05) is 7.05 Å². The molecule has 19 heavy (non-hydrogen) atoms. The van der Waals surface area contributed by atoms with E-state index in [1.807, 2.05) is 18.2 Å². The summed E-state index contributed by atoms with van der Waals surface area (Å²) in [6, 6.07) is 9.43. The zero-order valence-electron chi connectivity index (χ0n) is 11.2. The molecule has 0 unspecified atom stereocenters. The summed E-state index contributed by atoms with van der Waals surface area (Å²) in [4.78, 5) is 13.8. The number of amides is 1. The monoisotopic (exact) mass is 257 g/mol. The second kappa shape index (κ2) is 5.41. The summed E-state index contributed by atoms with van der Waals surface area (Å²) in [6.45, 7) is 0.518. The first kappa shape index (κ1) is 13.6. The number of benzene rings is 1. The normalized spacial score (nSPS) is 16.3. The SMILES string of the molecule is CN(Cc1cccc(C#N)c1)C(=O)CC1(N)CCC1. The van der Waals surface area contributed by atoms with Crippen LogP contribution in [0.2, 0.25) is 0 Å². The van der Waals surface area contributed by atoms with Gasteiger partial charge in [0.15, 0.2) is 0 Å². The molecule has 0 heterocycles. The van der Waals surface area contributed by atoms with Crippen LogP contribution < -0.4 is 5.73 Å². The van der Waals surface area contributed by atoms with E-state index >= 15 is 0 Å². The number of nitriles is 1. The van der Waals surface area contributed by atoms with Crippen LogP contribution in [0.15, 0.2) is 24.3 Å². The maximum absolute atomic E-state index is 12.1. The summed E-state index contributed by atoms with van der Waals surface area (Å²) in [6.07, 6.45) is 3.42. The molecule has 4 heteroatoms. The van der Waals surface area contributed by atoms with Gasteiger partial charge in [-0.25, -0.2) is 0 Å². The molecule has 1 amide bonds. The second-order valence-corrected chi connectivity index (χ2v) is 5.45. The van der Waals surface area contributed by atoms with E-state index in [0.29, 0.717) is 18.5 Å². The van der Waals surface area contributed by atoms with Crippen LogP contribution in [-0.4, -0.2) is 23.4 Å². The smallest absolute Gasteiger partial charge is 0.224 e. The summed E-state index contributed by atoms with van der Waals surface area (Å²) in [7, 11) is 1.78. The van der Waals surface area contributed by atoms with Crippen molar-refractivity contribution < 1.29 is 4.79 Å². The quantitative estimate of drug-likeness (QED) is 0.894. The van der Waals surface area contributed by atoms with Crippen LogP contribution in [0.4, 0.5) is 0 Å². The van der Waals surface area contributed by atoms with E-state index in [4.69, 9.17) is 11.0 Å². The lowest BCUT2D eigenvalue weighted by Crippen LogP contribution is -2.50. The summed E-state index contributed by atoms with van der Waals surface area (Å²) in [5.41, 5.74) is 7.40. The molecule has 1 fully saturated rings. The molecule has 4 nitrogen and oxygen atoms in total. The molecule has 1 aromatic carbocycles. The highest BCUT2D eigenvalue weighted by molar-refractivity contribution is 5.77. The van der Waals surface area contributed by atoms with Crippen LogP contribution in [0, 0.1) is 11.3 Å². The van der Waals surface area contributed by atoms with E-state index in [0.717, 1.165) is 24.8 Å². The van der Waals surface area contributed by atoms with E-state index in [9.17, 15) is 4.79 Å². The summed E-state index contributed by atoms with van der Waals surface area (Å²) in [5, 5.41) is 8.85. The number of hydrogen-bond donors (Lipinski definition) is 1. The third kappa shape index (κ3) is 3.33. The highest BCUT2D eigenvalue weighted by Crippen LogP contribution is 2.32. The van der Waals surface area contributed by atoms with E-state index in [2.05, 4.69) is 6.07 Å². The second-order valence-electron chi connectivity index (χ2n) is 5.45. The molecule has 100 valence electrons. The third-order valence-electron chi connectivity index (χ3n) is 3.75. The fraction of sp³-hybridized carbons (Fsp3) is 0.467. The topological polar surface area (TPSA) is 70.1 Å². The van der Waals surface area contributed by atoms with Crippen molar-refractivity contribution >= 4 is 5.91 Å². The van der Waals surface area contributed by atoms with Crippen LogP contribution in [0.1, 0.15) is 36.8 Å². The zero-order valence-corrected chi connectivity index (χ0v) is 11.2. The fourth-order valence-corrected chi connectivity index (χ4v) is 2.35. The lowest BCUT2D eigenvalue weighted by Gasteiger charge is -2.38. The molecule has 0 atom stereocenters. The van der Waals surface area contributed by atoms with Crippen molar-refractivity contribution in [2.45, 2.75) is 37.8 Å². The Kier molecular flexibility index (Phi) is 3.87. The number of carbonyl (C=O) groups excluding carboxylic acids is 1. The summed E-state index contributed by atoms with van der Waals surface area (Å²) >= 11 is 0. The van der Waals surface area contributed by atoms with E-state index in [1.165, 1.54) is 0 Å². The first-order valence-electron chi connectivity index (χ1n) is 6.54. The lowest BCUT2D eigenvalue weighted by atomic mass is 9.75. The number of nitrogens with two attached hydrogens (primary N) is 1. The van der Waals surface area contributed by atoms with Gasteiger partial charge in [0.25, 0.3) is 0 Å². The largest absolute Gasteiger partial charge is 0.341 e. The molecule has 1 aliphatic rings. The molecule has 0 spiro atoms. The zero-order chi connectivity index (χ0) is 13.9. The number of nitrogens with zero attached hydrogens (tertiary/aromatic N) is 2. The van der Waals surface area contributed by atoms with Crippen molar-refractivity contribution in [1.29, 1.82) is 5.26 Å². The van der Waals surface area contributed by atoms with Gasteiger partial charge in [-0.05, 0) is 37.0 Å². The van der Waals surface area contributed by atoms with E-state index in [1.54, 1.807) is 18.0 Å². The molecule has 1 aliphatic carbocycles. The predicted molar refractivity (Wildman–Crippen MR) is 73.0 cm³/mol. The first-order chi connectivity index (χ1) is 9.02. The van der Waals surface area contributed by atoms with Crippen LogP contribution >= 0.6 is 0 Å². The Bertz CT molecular complexity index is 514. The van der Waals surface area contributed by atoms with Gasteiger partial charge in [-0.1, -0.05) is 12.1 Å². The standard InChI is InChI=1S/C15H19N3O/c1-18(14(19)9-15(17)6-3-7-15)11-13-5-2-4-12(8-13)10-16/h2,4-5,8H,3,6-7,9,11,17H2,1H3. The van der Waals surface area contributed by atoms with Crippen LogP contribution in [0.3, 0.4) is 0 Å². The van der Waals surface area contributed by atoms with Gasteiger partial charge in [0.05, 0.1) is 11.6 Å². The minimum atomic E-state index is -0.278. The van der Waals surface area contributed by atoms with Crippen LogP contribution in [0.25, 0.3) is 0 Å². The molecule has 0 saturated heterocycles. The maximum atomic E-state index is 12.1. The Morgan fingerprint density at radius 1 is 1.53 bits per heavy atom. The van der Waals surface area contributed by atoms with Gasteiger partial charge in [-0.2, -0.15) is 5.26 Å². The first-order valence-corrected chi connectivity index (χ1v) is 6.54. The van der Waals surface area contributed by atoms with Crippen molar-refractivity contribution in [2.24, 2.45) is 5.73 Å². The molecule has 1 aromatic rings. The summed E-state index contributed by atoms with van der Waals surface area (Å²) < 4.78 is 0. The Hall–Kier alpha value is -1.86. The molecule has 0 radical (unpaired) electrons. The van der Waals surface area contributed by atoms with Gasteiger partial charge in [-0.15, -0.1) is 0 Å². The molecule has 2 N–H and O–H groups in total. The minimum Gasteiger partial charge on any atom is -0.341 e. The number of rotatable bonds is 4. The summed E-state index contributed by atoms with van der Waals surface area (Å²) in [5.74, 6) is 0.0737. The molecule has 1 saturated carbocycles. The highest BCUT2D eigenvalue weighted by Gasteiger charge is 2.35. The molecule has 2 rings (SSSR count). The average Bonchev–Trinajstić information content (AvgIpc) is 2.37. The van der Waals surface area contributed by atoms with Gasteiger partial charge in [0, 0.05) is 25.6 Å². The van der Waals surface area contributed by atoms with Crippen LogP contribution in [0.5, 0.6) is 0 Å². The van der Waals surface area contributed by atoms with E-state index in [-0.39, 0.29) is 11.4 Å². The number of carbonyl (C=O) groups is 1. The lowest BCUT2D eigenvalue weighted by molar-refractivity contribution is -0.132. The highest BCUT2D eigenvalue weighted by atomic mass is 16.2. The molecular formula is C15H19N3O. The van der Waals surface area contributed by atoms with Crippen molar-refractivity contribution in [3.63, 3.8) is 0 Å². The maximum Gasteiger partial charge on any atom is 0.224 e. The molecule has 0 bridgehead atoms. The Balaban J connectivity index is 1.94. The predicted octanol–water partition coefficient (Wildman–Crippen LogP) is 1.79. The van der Waals surface area contributed by atoms with Crippen LogP contribution in [-0.2, 0) is 11.3 Å². The third-order valence-corrected chi connectivity index (χ3v) is 3.75. The van der Waals surface area contributed by atoms with Gasteiger partial charge in [-0.3, -0.25) is 4.79 Å².